The van der Waals surface area contributed by atoms with Crippen LogP contribution in [0.5, 0.6) is 0 Å². The van der Waals surface area contributed by atoms with Gasteiger partial charge in [-0.2, -0.15) is 0 Å². The molecule has 0 spiro atoms. The summed E-state index contributed by atoms with van der Waals surface area (Å²) in [4.78, 5) is 25.4. The fourth-order valence-electron chi connectivity index (χ4n) is 4.17. The minimum atomic E-state index is -0.362. The lowest BCUT2D eigenvalue weighted by atomic mass is 10.0. The lowest BCUT2D eigenvalue weighted by Gasteiger charge is -2.16. The van der Waals surface area contributed by atoms with Crippen LogP contribution in [0.1, 0.15) is 41.3 Å². The number of hydrogen-bond donors (Lipinski definition) is 0. The Hall–Kier alpha value is -3.91. The van der Waals surface area contributed by atoms with Gasteiger partial charge in [-0.3, -0.25) is 9.20 Å². The van der Waals surface area contributed by atoms with E-state index >= 15 is 0 Å². The molecule has 5 rings (SSSR count). The maximum absolute atomic E-state index is 13.7. The molecule has 5 aromatic rings. The van der Waals surface area contributed by atoms with E-state index in [-0.39, 0.29) is 17.4 Å². The van der Waals surface area contributed by atoms with E-state index in [9.17, 15) is 9.59 Å². The van der Waals surface area contributed by atoms with E-state index in [1.807, 2.05) is 65.1 Å². The molecule has 3 aromatic carbocycles. The highest BCUT2D eigenvalue weighted by Crippen LogP contribution is 2.28. The summed E-state index contributed by atoms with van der Waals surface area (Å²) >= 11 is 1.52. The number of aromatic nitrogens is 4. The van der Waals surface area contributed by atoms with E-state index in [2.05, 4.69) is 24.0 Å². The van der Waals surface area contributed by atoms with E-state index in [4.69, 9.17) is 4.74 Å². The Kier molecular flexibility index (Phi) is 6.13. The summed E-state index contributed by atoms with van der Waals surface area (Å²) in [7, 11) is 1.37. The highest BCUT2D eigenvalue weighted by atomic mass is 32.2. The van der Waals surface area contributed by atoms with Gasteiger partial charge in [0.05, 0.1) is 29.3 Å². The van der Waals surface area contributed by atoms with Gasteiger partial charge in [0.25, 0.3) is 5.56 Å². The first-order chi connectivity index (χ1) is 17.0. The van der Waals surface area contributed by atoms with Crippen LogP contribution in [0, 0.1) is 0 Å². The number of ether oxygens (including phenoxy) is 1. The molecule has 0 unspecified atom stereocenters. The standard InChI is InChI=1S/C27H24N4O3S/c1-17(2)20-8-4-6-10-22(20)30-24(32)21-9-5-7-11-23(21)31-26(30)28-29-27(31)35-16-18-12-14-19(15-13-18)25(33)34-3/h4-15,17H,16H2,1-3H3. The monoisotopic (exact) mass is 484 g/mol. The minimum Gasteiger partial charge on any atom is -0.465 e. The molecule has 0 bridgehead atoms. The van der Waals surface area contributed by atoms with Gasteiger partial charge < -0.3 is 4.74 Å². The van der Waals surface area contributed by atoms with Gasteiger partial charge in [0.2, 0.25) is 5.78 Å². The maximum atomic E-state index is 13.7. The summed E-state index contributed by atoms with van der Waals surface area (Å²) in [5.74, 6) is 0.969. The summed E-state index contributed by atoms with van der Waals surface area (Å²) in [5.41, 5.74) is 4.05. The van der Waals surface area contributed by atoms with Crippen LogP contribution >= 0.6 is 11.8 Å². The molecule has 0 atom stereocenters. The molecule has 7 nitrogen and oxygen atoms in total. The molecule has 0 fully saturated rings. The smallest absolute Gasteiger partial charge is 0.337 e. The first kappa shape index (κ1) is 22.9. The number of fused-ring (bicyclic) bond motifs is 3. The normalized spacial score (nSPS) is 11.4. The van der Waals surface area contributed by atoms with Crippen LogP contribution in [0.15, 0.2) is 82.7 Å². The van der Waals surface area contributed by atoms with Gasteiger partial charge in [0.1, 0.15) is 0 Å². The number of hydrogen-bond acceptors (Lipinski definition) is 6. The number of carbonyl (C=O) groups excluding carboxylic acids is 1. The Labute approximate surface area is 206 Å². The highest BCUT2D eigenvalue weighted by molar-refractivity contribution is 7.98. The zero-order valence-electron chi connectivity index (χ0n) is 19.6. The second kappa shape index (κ2) is 9.38. The number of nitrogens with zero attached hydrogens (tertiary/aromatic N) is 4. The zero-order chi connectivity index (χ0) is 24.5. The van der Waals surface area contributed by atoms with Gasteiger partial charge in [-0.15, -0.1) is 10.2 Å². The van der Waals surface area contributed by atoms with Crippen LogP contribution in [0.3, 0.4) is 0 Å². The van der Waals surface area contributed by atoms with Crippen molar-refractivity contribution in [2.45, 2.75) is 30.7 Å². The molecule has 0 saturated heterocycles. The van der Waals surface area contributed by atoms with Crippen LogP contribution in [0.2, 0.25) is 0 Å². The number of carbonyl (C=O) groups is 1. The molecular formula is C27H24N4O3S. The molecule has 8 heteroatoms. The predicted molar refractivity (Wildman–Crippen MR) is 138 cm³/mol. The van der Waals surface area contributed by atoms with Crippen molar-refractivity contribution in [2.24, 2.45) is 0 Å². The van der Waals surface area contributed by atoms with Gasteiger partial charge in [-0.05, 0) is 47.4 Å². The Morgan fingerprint density at radius 2 is 1.69 bits per heavy atom. The lowest BCUT2D eigenvalue weighted by Crippen LogP contribution is -2.23. The summed E-state index contributed by atoms with van der Waals surface area (Å²) in [6.07, 6.45) is 0. The molecule has 2 heterocycles. The maximum Gasteiger partial charge on any atom is 0.337 e. The molecule has 0 N–H and O–H groups in total. The Morgan fingerprint density at radius 3 is 2.43 bits per heavy atom. The van der Waals surface area contributed by atoms with Crippen molar-refractivity contribution >= 4 is 34.4 Å². The van der Waals surface area contributed by atoms with Crippen LogP contribution < -0.4 is 5.56 Å². The van der Waals surface area contributed by atoms with E-state index in [1.165, 1.54) is 18.9 Å². The van der Waals surface area contributed by atoms with Crippen molar-refractivity contribution in [3.05, 3.63) is 99.8 Å². The topological polar surface area (TPSA) is 78.5 Å². The third-order valence-electron chi connectivity index (χ3n) is 5.94. The van der Waals surface area contributed by atoms with Crippen molar-refractivity contribution < 1.29 is 9.53 Å². The number of thioether (sulfide) groups is 1. The van der Waals surface area contributed by atoms with Crippen molar-refractivity contribution in [3.8, 4) is 5.69 Å². The number of para-hydroxylation sites is 2. The average molecular weight is 485 g/mol. The highest BCUT2D eigenvalue weighted by Gasteiger charge is 2.20. The number of esters is 1. The third kappa shape index (κ3) is 4.10. The Bertz CT molecular complexity index is 1600. The second-order valence-electron chi connectivity index (χ2n) is 8.47. The Balaban J connectivity index is 1.63. The van der Waals surface area contributed by atoms with Gasteiger partial charge in [0.15, 0.2) is 5.16 Å². The predicted octanol–water partition coefficient (Wildman–Crippen LogP) is 5.24. The number of benzene rings is 3. The molecule has 0 radical (unpaired) electrons. The SMILES string of the molecule is COC(=O)c1ccc(CSc2nnc3n(-c4ccccc4C(C)C)c(=O)c4ccccc4n23)cc1. The van der Waals surface area contributed by atoms with Crippen molar-refractivity contribution in [3.63, 3.8) is 0 Å². The van der Waals surface area contributed by atoms with Crippen LogP contribution in [0.25, 0.3) is 22.4 Å². The zero-order valence-corrected chi connectivity index (χ0v) is 20.5. The van der Waals surface area contributed by atoms with Crippen molar-refractivity contribution in [1.82, 2.24) is 19.2 Å². The van der Waals surface area contributed by atoms with Gasteiger partial charge >= 0.3 is 5.97 Å². The quantitative estimate of drug-likeness (QED) is 0.242. The molecular weight excluding hydrogens is 460 g/mol. The van der Waals surface area contributed by atoms with Crippen LogP contribution in [0.4, 0.5) is 0 Å². The molecule has 176 valence electrons. The van der Waals surface area contributed by atoms with E-state index in [0.29, 0.717) is 27.6 Å². The molecule has 0 aliphatic rings. The van der Waals surface area contributed by atoms with Crippen LogP contribution in [-0.4, -0.2) is 32.2 Å². The first-order valence-electron chi connectivity index (χ1n) is 11.3. The van der Waals surface area contributed by atoms with Crippen LogP contribution in [-0.2, 0) is 10.5 Å². The van der Waals surface area contributed by atoms with E-state index in [0.717, 1.165) is 22.3 Å². The molecule has 2 aromatic heterocycles. The second-order valence-corrected chi connectivity index (χ2v) is 9.41. The first-order valence-corrected chi connectivity index (χ1v) is 12.3. The molecule has 35 heavy (non-hydrogen) atoms. The number of methoxy groups -OCH3 is 1. The largest absolute Gasteiger partial charge is 0.465 e. The summed E-state index contributed by atoms with van der Waals surface area (Å²) in [6, 6.07) is 22.7. The van der Waals surface area contributed by atoms with E-state index in [1.54, 1.807) is 16.7 Å². The fraction of sp³-hybridized carbons (Fsp3) is 0.185. The van der Waals surface area contributed by atoms with Crippen molar-refractivity contribution in [1.29, 1.82) is 0 Å². The summed E-state index contributed by atoms with van der Waals surface area (Å²) in [5, 5.41) is 10.2. The minimum absolute atomic E-state index is 0.122. The fourth-order valence-corrected chi connectivity index (χ4v) is 5.07. The molecule has 0 saturated carbocycles. The Morgan fingerprint density at radius 1 is 0.971 bits per heavy atom. The molecule has 0 aliphatic carbocycles. The van der Waals surface area contributed by atoms with E-state index < -0.39 is 0 Å². The summed E-state index contributed by atoms with van der Waals surface area (Å²) in [6.45, 7) is 4.22. The average Bonchev–Trinajstić information content (AvgIpc) is 3.31. The molecule has 0 amide bonds. The number of rotatable bonds is 6. The van der Waals surface area contributed by atoms with Gasteiger partial charge in [0, 0.05) is 5.75 Å². The molecule has 0 aliphatic heterocycles. The van der Waals surface area contributed by atoms with Gasteiger partial charge in [-0.25, -0.2) is 9.36 Å². The van der Waals surface area contributed by atoms with Crippen molar-refractivity contribution in [2.75, 3.05) is 7.11 Å². The lowest BCUT2D eigenvalue weighted by molar-refractivity contribution is 0.0600. The summed E-state index contributed by atoms with van der Waals surface area (Å²) < 4.78 is 8.38. The van der Waals surface area contributed by atoms with Gasteiger partial charge in [-0.1, -0.05) is 68.1 Å². The third-order valence-corrected chi connectivity index (χ3v) is 6.94.